The van der Waals surface area contributed by atoms with E-state index in [0.29, 0.717) is 16.2 Å². The number of nitro benzene ring substituents is 1. The van der Waals surface area contributed by atoms with Gasteiger partial charge in [-0.2, -0.15) is 0 Å². The molecule has 9 heteroatoms. The van der Waals surface area contributed by atoms with E-state index >= 15 is 0 Å². The average molecular weight is 385 g/mol. The number of aromatic nitrogens is 2. The van der Waals surface area contributed by atoms with Crippen molar-refractivity contribution >= 4 is 29.1 Å². The molecule has 8 nitrogen and oxygen atoms in total. The first-order valence-corrected chi connectivity index (χ1v) is 8.94. The van der Waals surface area contributed by atoms with Gasteiger partial charge in [0.25, 0.3) is 11.2 Å². The van der Waals surface area contributed by atoms with Crippen molar-refractivity contribution in [1.29, 1.82) is 0 Å². The zero-order chi connectivity index (χ0) is 19.4. The zero-order valence-corrected chi connectivity index (χ0v) is 15.1. The van der Waals surface area contributed by atoms with Crippen molar-refractivity contribution in [1.82, 2.24) is 9.38 Å². The summed E-state index contributed by atoms with van der Waals surface area (Å²) in [6, 6.07) is 11.1. The number of esters is 1. The van der Waals surface area contributed by atoms with Crippen LogP contribution >= 0.6 is 11.8 Å². The molecule has 0 spiro atoms. The molecule has 27 heavy (non-hydrogen) atoms. The number of nitrogens with zero attached hydrogens (tertiary/aromatic N) is 3. The summed E-state index contributed by atoms with van der Waals surface area (Å²) in [6.07, 6.45) is 1.62. The van der Waals surface area contributed by atoms with Crippen LogP contribution < -0.4 is 5.56 Å². The molecule has 3 aromatic rings. The number of pyridine rings is 1. The largest absolute Gasteiger partial charge is 0.459 e. The minimum Gasteiger partial charge on any atom is -0.459 e. The molecule has 138 valence electrons. The van der Waals surface area contributed by atoms with Gasteiger partial charge in [0.2, 0.25) is 0 Å². The monoisotopic (exact) mass is 385 g/mol. The van der Waals surface area contributed by atoms with E-state index in [0.717, 1.165) is 17.3 Å². The third kappa shape index (κ3) is 4.32. The lowest BCUT2D eigenvalue weighted by atomic mass is 10.3. The van der Waals surface area contributed by atoms with E-state index in [9.17, 15) is 19.7 Å². The summed E-state index contributed by atoms with van der Waals surface area (Å²) in [4.78, 5) is 39.3. The third-order valence-corrected chi connectivity index (χ3v) is 4.76. The van der Waals surface area contributed by atoms with E-state index in [1.165, 1.54) is 16.5 Å². The van der Waals surface area contributed by atoms with E-state index < -0.39 is 10.9 Å². The van der Waals surface area contributed by atoms with Crippen molar-refractivity contribution in [2.75, 3.05) is 5.75 Å². The molecule has 0 saturated carbocycles. The number of aryl methyl sites for hydroxylation is 1. The summed E-state index contributed by atoms with van der Waals surface area (Å²) < 4.78 is 6.58. The number of fused-ring (bicyclic) bond motifs is 1. The molecule has 3 rings (SSSR count). The second kappa shape index (κ2) is 8.00. The highest BCUT2D eigenvalue weighted by atomic mass is 32.2. The lowest BCUT2D eigenvalue weighted by molar-refractivity contribution is -0.387. The number of rotatable bonds is 6. The Kier molecular flexibility index (Phi) is 5.51. The standard InChI is InChI=1S/C18H15N3O5S/c1-12-5-4-8-20-16(22)9-13(19-18(12)20)10-26-17(23)11-27-15-7-3-2-6-14(15)21(24)25/h2-9H,10-11H2,1H3. The van der Waals surface area contributed by atoms with Crippen LogP contribution in [0.25, 0.3) is 5.65 Å². The van der Waals surface area contributed by atoms with Gasteiger partial charge in [0, 0.05) is 18.3 Å². The smallest absolute Gasteiger partial charge is 0.316 e. The fraction of sp³-hybridized carbons (Fsp3) is 0.167. The topological polar surface area (TPSA) is 104 Å². The molecular weight excluding hydrogens is 370 g/mol. The van der Waals surface area contributed by atoms with Crippen molar-refractivity contribution in [3.8, 4) is 0 Å². The average Bonchev–Trinajstić information content (AvgIpc) is 2.65. The Morgan fingerprint density at radius 3 is 2.85 bits per heavy atom. The lowest BCUT2D eigenvalue weighted by Gasteiger charge is -2.07. The van der Waals surface area contributed by atoms with Crippen molar-refractivity contribution in [3.05, 3.63) is 80.4 Å². The van der Waals surface area contributed by atoms with E-state index in [4.69, 9.17) is 4.74 Å². The molecule has 2 aromatic heterocycles. The highest BCUT2D eigenvalue weighted by Gasteiger charge is 2.15. The van der Waals surface area contributed by atoms with Gasteiger partial charge < -0.3 is 4.74 Å². The maximum absolute atomic E-state index is 12.1. The number of hydrogen-bond acceptors (Lipinski definition) is 7. The second-order valence-corrected chi connectivity index (χ2v) is 6.66. The summed E-state index contributed by atoms with van der Waals surface area (Å²) in [7, 11) is 0. The summed E-state index contributed by atoms with van der Waals surface area (Å²) in [5.41, 5.74) is 1.36. The molecule has 0 aliphatic carbocycles. The fourth-order valence-corrected chi connectivity index (χ4v) is 3.27. The molecule has 0 aliphatic heterocycles. The van der Waals surface area contributed by atoms with E-state index in [2.05, 4.69) is 4.98 Å². The summed E-state index contributed by atoms with van der Waals surface area (Å²) >= 11 is 1.02. The van der Waals surface area contributed by atoms with Crippen LogP contribution in [0.3, 0.4) is 0 Å². The number of benzene rings is 1. The van der Waals surface area contributed by atoms with Gasteiger partial charge in [-0.25, -0.2) is 4.98 Å². The SMILES string of the molecule is Cc1cccn2c(=O)cc(COC(=O)CSc3ccccc3[N+](=O)[O-])nc12. The number of nitro groups is 1. The van der Waals surface area contributed by atoms with Crippen molar-refractivity contribution < 1.29 is 14.5 Å². The Morgan fingerprint density at radius 1 is 1.30 bits per heavy atom. The fourth-order valence-electron chi connectivity index (χ4n) is 2.45. The number of para-hydroxylation sites is 1. The number of thioether (sulfide) groups is 1. The maximum Gasteiger partial charge on any atom is 0.316 e. The lowest BCUT2D eigenvalue weighted by Crippen LogP contribution is -2.17. The van der Waals surface area contributed by atoms with Gasteiger partial charge in [-0.15, -0.1) is 11.8 Å². The van der Waals surface area contributed by atoms with Crippen LogP contribution in [0.2, 0.25) is 0 Å². The number of carbonyl (C=O) groups is 1. The summed E-state index contributed by atoms with van der Waals surface area (Å²) in [5.74, 6) is -0.638. The van der Waals surface area contributed by atoms with Gasteiger partial charge in [0.1, 0.15) is 12.3 Å². The minimum absolute atomic E-state index is 0.0602. The normalized spacial score (nSPS) is 10.7. The van der Waals surface area contributed by atoms with E-state index in [-0.39, 0.29) is 23.6 Å². The quantitative estimate of drug-likeness (QED) is 0.278. The predicted octanol–water partition coefficient (Wildman–Crippen LogP) is 2.75. The molecule has 0 N–H and O–H groups in total. The van der Waals surface area contributed by atoms with Gasteiger partial charge in [0.05, 0.1) is 21.3 Å². The van der Waals surface area contributed by atoms with Gasteiger partial charge in [-0.1, -0.05) is 18.2 Å². The highest BCUT2D eigenvalue weighted by Crippen LogP contribution is 2.28. The first-order chi connectivity index (χ1) is 13.0. The van der Waals surface area contributed by atoms with Gasteiger partial charge in [-0.05, 0) is 24.6 Å². The van der Waals surface area contributed by atoms with Crippen LogP contribution in [0.1, 0.15) is 11.3 Å². The van der Waals surface area contributed by atoms with Crippen LogP contribution in [0.15, 0.2) is 58.4 Å². The molecule has 0 bridgehead atoms. The van der Waals surface area contributed by atoms with Crippen LogP contribution in [-0.4, -0.2) is 26.0 Å². The van der Waals surface area contributed by atoms with E-state index in [1.54, 1.807) is 30.5 Å². The number of ether oxygens (including phenoxy) is 1. The van der Waals surface area contributed by atoms with Crippen molar-refractivity contribution in [2.24, 2.45) is 0 Å². The molecule has 0 atom stereocenters. The molecule has 0 unspecified atom stereocenters. The van der Waals surface area contributed by atoms with Crippen molar-refractivity contribution in [2.45, 2.75) is 18.4 Å². The molecule has 0 aliphatic rings. The van der Waals surface area contributed by atoms with Crippen LogP contribution in [0, 0.1) is 17.0 Å². The zero-order valence-electron chi connectivity index (χ0n) is 14.3. The molecule has 0 fully saturated rings. The van der Waals surface area contributed by atoms with E-state index in [1.807, 2.05) is 13.0 Å². The molecular formula is C18H15N3O5S. The maximum atomic E-state index is 12.1. The molecule has 0 saturated heterocycles. The number of hydrogen-bond donors (Lipinski definition) is 0. The van der Waals surface area contributed by atoms with Gasteiger partial charge in [-0.3, -0.25) is 24.1 Å². The second-order valence-electron chi connectivity index (χ2n) is 5.64. The molecule has 1 aromatic carbocycles. The first-order valence-electron chi connectivity index (χ1n) is 7.95. The van der Waals surface area contributed by atoms with Crippen LogP contribution in [0.4, 0.5) is 5.69 Å². The molecule has 2 heterocycles. The molecule has 0 amide bonds. The van der Waals surface area contributed by atoms with Gasteiger partial charge in [0.15, 0.2) is 0 Å². The Labute approximate surface area is 158 Å². The minimum atomic E-state index is -0.551. The Balaban J connectivity index is 1.65. The highest BCUT2D eigenvalue weighted by molar-refractivity contribution is 8.00. The number of carbonyl (C=O) groups excluding carboxylic acids is 1. The Morgan fingerprint density at radius 2 is 2.07 bits per heavy atom. The first kappa shape index (κ1) is 18.6. The third-order valence-electron chi connectivity index (χ3n) is 3.73. The van der Waals surface area contributed by atoms with Crippen molar-refractivity contribution in [3.63, 3.8) is 0 Å². The Bertz CT molecular complexity index is 1080. The molecule has 0 radical (unpaired) electrons. The van der Waals surface area contributed by atoms with Crippen LogP contribution in [0.5, 0.6) is 0 Å². The van der Waals surface area contributed by atoms with Crippen LogP contribution in [-0.2, 0) is 16.1 Å². The summed E-state index contributed by atoms with van der Waals surface area (Å²) in [5, 5.41) is 11.0. The predicted molar refractivity (Wildman–Crippen MR) is 99.8 cm³/mol. The Hall–Kier alpha value is -3.20. The summed E-state index contributed by atoms with van der Waals surface area (Å²) in [6.45, 7) is 1.69. The van der Waals surface area contributed by atoms with Gasteiger partial charge >= 0.3 is 5.97 Å².